The lowest BCUT2D eigenvalue weighted by Crippen LogP contribution is -2.13. The molecule has 4 heteroatoms. The molecule has 0 radical (unpaired) electrons. The van der Waals surface area contributed by atoms with Gasteiger partial charge in [0.25, 0.3) is 0 Å². The molecular formula is C24H17NO3. The molecule has 0 amide bonds. The highest BCUT2D eigenvalue weighted by Gasteiger charge is 2.08. The Morgan fingerprint density at radius 2 is 1.79 bits per heavy atom. The number of hydrogen-bond donors (Lipinski definition) is 0. The molecule has 0 saturated heterocycles. The molecule has 0 unspecified atom stereocenters. The first-order valence-corrected chi connectivity index (χ1v) is 9.22. The molecule has 2 heterocycles. The van der Waals surface area contributed by atoms with Crippen molar-refractivity contribution in [3.8, 4) is 5.75 Å². The SMILES string of the molecule is CCOc1ccc2nc(C=c3oc(=O)c4cccc5cccc3c54)ccc2c1. The van der Waals surface area contributed by atoms with Crippen molar-refractivity contribution < 1.29 is 9.15 Å². The molecule has 0 fully saturated rings. The standard InChI is InChI=1S/C24H17NO3/c1-2-27-18-11-12-21-16(13-18)9-10-17(25-21)14-22-19-7-3-5-15-6-4-8-20(23(15)19)24(26)28-22/h3-14H,2H2,1H3. The van der Waals surface area contributed by atoms with Gasteiger partial charge in [0.15, 0.2) is 0 Å². The van der Waals surface area contributed by atoms with E-state index in [1.54, 1.807) is 6.07 Å². The monoisotopic (exact) mass is 367 g/mol. The fourth-order valence-corrected chi connectivity index (χ4v) is 3.62. The zero-order valence-electron chi connectivity index (χ0n) is 15.3. The number of pyridine rings is 1. The second-order valence-electron chi connectivity index (χ2n) is 6.63. The van der Waals surface area contributed by atoms with E-state index in [2.05, 4.69) is 0 Å². The van der Waals surface area contributed by atoms with E-state index in [1.165, 1.54) is 0 Å². The van der Waals surface area contributed by atoms with Gasteiger partial charge in [-0.05, 0) is 42.6 Å². The van der Waals surface area contributed by atoms with Crippen LogP contribution >= 0.6 is 0 Å². The number of rotatable bonds is 3. The van der Waals surface area contributed by atoms with Crippen LogP contribution in [0.15, 0.2) is 75.9 Å². The minimum atomic E-state index is -0.335. The van der Waals surface area contributed by atoms with E-state index in [0.717, 1.165) is 38.5 Å². The molecule has 4 nitrogen and oxygen atoms in total. The molecule has 2 aromatic heterocycles. The van der Waals surface area contributed by atoms with Crippen molar-refractivity contribution in [2.45, 2.75) is 6.92 Å². The molecule has 0 spiro atoms. The van der Waals surface area contributed by atoms with E-state index in [1.807, 2.05) is 73.7 Å². The molecule has 0 N–H and O–H groups in total. The van der Waals surface area contributed by atoms with E-state index in [-0.39, 0.29) is 5.63 Å². The Morgan fingerprint density at radius 3 is 2.61 bits per heavy atom. The van der Waals surface area contributed by atoms with Crippen molar-refractivity contribution >= 4 is 38.5 Å². The Bertz CT molecular complexity index is 1440. The summed E-state index contributed by atoms with van der Waals surface area (Å²) < 4.78 is 11.2. The Kier molecular flexibility index (Phi) is 3.83. The third kappa shape index (κ3) is 2.70. The van der Waals surface area contributed by atoms with Gasteiger partial charge in [0.2, 0.25) is 0 Å². The number of benzene rings is 3. The number of ether oxygens (including phenoxy) is 1. The summed E-state index contributed by atoms with van der Waals surface area (Å²) in [6.07, 6.45) is 1.82. The molecule has 136 valence electrons. The molecule has 0 aliphatic heterocycles. The minimum Gasteiger partial charge on any atom is -0.494 e. The molecule has 0 aliphatic rings. The first-order valence-electron chi connectivity index (χ1n) is 9.22. The van der Waals surface area contributed by atoms with E-state index in [0.29, 0.717) is 17.4 Å². The van der Waals surface area contributed by atoms with Crippen LogP contribution in [0.1, 0.15) is 12.6 Å². The predicted octanol–water partition coefficient (Wildman–Crippen LogP) is 4.44. The second-order valence-corrected chi connectivity index (χ2v) is 6.63. The molecule has 28 heavy (non-hydrogen) atoms. The lowest BCUT2D eigenvalue weighted by Gasteiger charge is -2.06. The topological polar surface area (TPSA) is 52.3 Å². The molecule has 0 atom stereocenters. The van der Waals surface area contributed by atoms with Gasteiger partial charge in [-0.1, -0.05) is 36.4 Å². The average molecular weight is 367 g/mol. The summed E-state index contributed by atoms with van der Waals surface area (Å²) in [7, 11) is 0. The van der Waals surface area contributed by atoms with E-state index in [4.69, 9.17) is 14.1 Å². The minimum absolute atomic E-state index is 0.335. The van der Waals surface area contributed by atoms with Gasteiger partial charge in [-0.3, -0.25) is 0 Å². The zero-order valence-corrected chi connectivity index (χ0v) is 15.3. The van der Waals surface area contributed by atoms with Crippen molar-refractivity contribution in [3.05, 3.63) is 88.3 Å². The maximum Gasteiger partial charge on any atom is 0.344 e. The van der Waals surface area contributed by atoms with Crippen molar-refractivity contribution in [3.63, 3.8) is 0 Å². The van der Waals surface area contributed by atoms with Crippen LogP contribution in [0.3, 0.4) is 0 Å². The molecule has 0 aliphatic carbocycles. The van der Waals surface area contributed by atoms with E-state index >= 15 is 0 Å². The van der Waals surface area contributed by atoms with Gasteiger partial charge in [-0.25, -0.2) is 9.78 Å². The molecular weight excluding hydrogens is 350 g/mol. The zero-order chi connectivity index (χ0) is 19.1. The fraction of sp³-hybridized carbons (Fsp3) is 0.0833. The van der Waals surface area contributed by atoms with Gasteiger partial charge in [-0.2, -0.15) is 0 Å². The van der Waals surface area contributed by atoms with Crippen LogP contribution in [0.2, 0.25) is 0 Å². The van der Waals surface area contributed by atoms with Crippen LogP contribution in [-0.2, 0) is 0 Å². The maximum atomic E-state index is 12.5. The fourth-order valence-electron chi connectivity index (χ4n) is 3.62. The van der Waals surface area contributed by atoms with Crippen LogP contribution in [0, 0.1) is 0 Å². The Labute approximate surface area is 160 Å². The van der Waals surface area contributed by atoms with Crippen LogP contribution in [0.4, 0.5) is 0 Å². The molecule has 0 saturated carbocycles. The summed E-state index contributed by atoms with van der Waals surface area (Å²) in [5.74, 6) is 0.826. The highest BCUT2D eigenvalue weighted by atomic mass is 16.5. The van der Waals surface area contributed by atoms with Gasteiger partial charge in [-0.15, -0.1) is 0 Å². The smallest absolute Gasteiger partial charge is 0.344 e. The van der Waals surface area contributed by atoms with Gasteiger partial charge >= 0.3 is 5.63 Å². The van der Waals surface area contributed by atoms with E-state index in [9.17, 15) is 4.79 Å². The summed E-state index contributed by atoms with van der Waals surface area (Å²) in [6, 6.07) is 21.4. The van der Waals surface area contributed by atoms with Gasteiger partial charge in [0.1, 0.15) is 11.2 Å². The van der Waals surface area contributed by atoms with Crippen LogP contribution in [-0.4, -0.2) is 11.6 Å². The van der Waals surface area contributed by atoms with Crippen molar-refractivity contribution in [1.29, 1.82) is 0 Å². The summed E-state index contributed by atoms with van der Waals surface area (Å²) >= 11 is 0. The molecule has 3 aromatic carbocycles. The third-order valence-electron chi connectivity index (χ3n) is 4.86. The summed E-state index contributed by atoms with van der Waals surface area (Å²) in [5, 5.41) is 4.45. The maximum absolute atomic E-state index is 12.5. The Hall–Kier alpha value is -3.66. The third-order valence-corrected chi connectivity index (χ3v) is 4.86. The largest absolute Gasteiger partial charge is 0.494 e. The normalized spacial score (nSPS) is 12.2. The van der Waals surface area contributed by atoms with Crippen molar-refractivity contribution in [2.75, 3.05) is 6.61 Å². The molecule has 0 bridgehead atoms. The summed E-state index contributed by atoms with van der Waals surface area (Å²) in [4.78, 5) is 17.2. The molecule has 5 rings (SSSR count). The Morgan fingerprint density at radius 1 is 0.964 bits per heavy atom. The number of hydrogen-bond acceptors (Lipinski definition) is 4. The van der Waals surface area contributed by atoms with Crippen molar-refractivity contribution in [2.24, 2.45) is 0 Å². The van der Waals surface area contributed by atoms with Gasteiger partial charge in [0, 0.05) is 22.2 Å². The highest BCUT2D eigenvalue weighted by molar-refractivity contribution is 6.09. The van der Waals surface area contributed by atoms with Gasteiger partial charge < -0.3 is 9.15 Å². The number of aromatic nitrogens is 1. The first-order chi connectivity index (χ1) is 13.7. The first kappa shape index (κ1) is 16.5. The van der Waals surface area contributed by atoms with E-state index < -0.39 is 0 Å². The predicted molar refractivity (Wildman–Crippen MR) is 112 cm³/mol. The number of nitrogens with zero attached hydrogens (tertiary/aromatic N) is 1. The van der Waals surface area contributed by atoms with Crippen LogP contribution < -0.4 is 15.8 Å². The number of fused-ring (bicyclic) bond motifs is 1. The van der Waals surface area contributed by atoms with Gasteiger partial charge in [0.05, 0.1) is 23.2 Å². The quantitative estimate of drug-likeness (QED) is 0.473. The summed E-state index contributed by atoms with van der Waals surface area (Å²) in [6.45, 7) is 2.59. The summed E-state index contributed by atoms with van der Waals surface area (Å²) in [5.41, 5.74) is 1.78. The molecule has 5 aromatic rings. The average Bonchev–Trinajstić information content (AvgIpc) is 2.72. The van der Waals surface area contributed by atoms with Crippen molar-refractivity contribution in [1.82, 2.24) is 4.98 Å². The highest BCUT2D eigenvalue weighted by Crippen LogP contribution is 2.23. The van der Waals surface area contributed by atoms with Crippen LogP contribution in [0.5, 0.6) is 5.75 Å². The Balaban J connectivity index is 1.73. The second kappa shape index (κ2) is 6.50. The lowest BCUT2D eigenvalue weighted by atomic mass is 10.0. The lowest BCUT2D eigenvalue weighted by molar-refractivity contribution is 0.340. The van der Waals surface area contributed by atoms with Crippen LogP contribution in [0.25, 0.3) is 38.5 Å².